The third kappa shape index (κ3) is 2.38. The summed E-state index contributed by atoms with van der Waals surface area (Å²) in [6.07, 6.45) is 0. The molecule has 16 heavy (non-hydrogen) atoms. The Balaban J connectivity index is 2.33. The highest BCUT2D eigenvalue weighted by molar-refractivity contribution is 9.10. The molecule has 2 aromatic rings. The molecule has 0 fully saturated rings. The van der Waals surface area contributed by atoms with E-state index in [4.69, 9.17) is 0 Å². The molecule has 0 aliphatic heterocycles. The number of halogens is 1. The van der Waals surface area contributed by atoms with Crippen molar-refractivity contribution < 1.29 is 0 Å². The topological polar surface area (TPSA) is 15.8 Å². The number of benzene rings is 1. The Morgan fingerprint density at radius 3 is 2.00 bits per heavy atom. The van der Waals surface area contributed by atoms with E-state index < -0.39 is 0 Å². The normalized spacial score (nSPS) is 11.8. The summed E-state index contributed by atoms with van der Waals surface area (Å²) < 4.78 is 1.02. The molecule has 0 saturated heterocycles. The number of aromatic amines is 1. The number of hydrogen-bond acceptors (Lipinski definition) is 0. The highest BCUT2D eigenvalue weighted by Gasteiger charge is 2.13. The zero-order chi connectivity index (χ0) is 11.8. The lowest BCUT2D eigenvalue weighted by atomic mass is 9.86. The number of H-pyrrole nitrogens is 1. The Morgan fingerprint density at radius 2 is 1.56 bits per heavy atom. The van der Waals surface area contributed by atoms with Gasteiger partial charge >= 0.3 is 0 Å². The van der Waals surface area contributed by atoms with Crippen LogP contribution in [0.3, 0.4) is 0 Å². The molecule has 0 aliphatic carbocycles. The van der Waals surface area contributed by atoms with Gasteiger partial charge in [0.2, 0.25) is 0 Å². The highest BCUT2D eigenvalue weighted by atomic mass is 79.9. The molecule has 0 aliphatic rings. The summed E-state index contributed by atoms with van der Waals surface area (Å²) >= 11 is 3.42. The maximum atomic E-state index is 3.42. The molecule has 1 aromatic carbocycles. The van der Waals surface area contributed by atoms with Gasteiger partial charge in [0.15, 0.2) is 0 Å². The van der Waals surface area contributed by atoms with E-state index in [2.05, 4.69) is 72.0 Å². The number of rotatable bonds is 1. The van der Waals surface area contributed by atoms with Crippen molar-refractivity contribution in [1.29, 1.82) is 0 Å². The van der Waals surface area contributed by atoms with Gasteiger partial charge < -0.3 is 4.98 Å². The van der Waals surface area contributed by atoms with Crippen LogP contribution < -0.4 is 0 Å². The van der Waals surface area contributed by atoms with E-state index in [9.17, 15) is 0 Å². The summed E-state index contributed by atoms with van der Waals surface area (Å²) in [7, 11) is 0. The molecule has 2 rings (SSSR count). The maximum Gasteiger partial charge on any atom is 0.0824 e. The van der Waals surface area contributed by atoms with Crippen molar-refractivity contribution >= 4 is 15.9 Å². The fourth-order valence-corrected chi connectivity index (χ4v) is 2.03. The molecule has 1 heterocycles. The van der Waals surface area contributed by atoms with Gasteiger partial charge in [-0.2, -0.15) is 0 Å². The SMILES string of the molecule is CC(C)(C)c1ccc(-c2ccc(Br)[nH]2)cc1. The smallest absolute Gasteiger partial charge is 0.0824 e. The summed E-state index contributed by atoms with van der Waals surface area (Å²) in [6.45, 7) is 6.69. The molecule has 2 heteroatoms. The Bertz CT molecular complexity index is 474. The van der Waals surface area contributed by atoms with E-state index in [1.165, 1.54) is 11.1 Å². The van der Waals surface area contributed by atoms with Crippen molar-refractivity contribution in [1.82, 2.24) is 4.98 Å². The fraction of sp³-hybridized carbons (Fsp3) is 0.286. The summed E-state index contributed by atoms with van der Waals surface area (Å²) in [4.78, 5) is 3.27. The monoisotopic (exact) mass is 277 g/mol. The van der Waals surface area contributed by atoms with Gasteiger partial charge in [0, 0.05) is 5.69 Å². The predicted molar refractivity (Wildman–Crippen MR) is 72.6 cm³/mol. The number of hydrogen-bond donors (Lipinski definition) is 1. The Hall–Kier alpha value is -1.02. The number of aromatic nitrogens is 1. The molecule has 0 saturated carbocycles. The largest absolute Gasteiger partial charge is 0.349 e. The van der Waals surface area contributed by atoms with E-state index >= 15 is 0 Å². The fourth-order valence-electron chi connectivity index (χ4n) is 1.69. The zero-order valence-electron chi connectivity index (χ0n) is 9.84. The average molecular weight is 278 g/mol. The van der Waals surface area contributed by atoms with Crippen molar-refractivity contribution in [2.45, 2.75) is 26.2 Å². The average Bonchev–Trinajstić information content (AvgIpc) is 2.64. The highest BCUT2D eigenvalue weighted by Crippen LogP contribution is 2.26. The van der Waals surface area contributed by atoms with E-state index in [-0.39, 0.29) is 5.41 Å². The summed E-state index contributed by atoms with van der Waals surface area (Å²) in [5.41, 5.74) is 3.95. The van der Waals surface area contributed by atoms with Crippen molar-refractivity contribution in [3.63, 3.8) is 0 Å². The van der Waals surface area contributed by atoms with E-state index in [1.807, 2.05) is 6.07 Å². The Labute approximate surface area is 105 Å². The van der Waals surface area contributed by atoms with Gasteiger partial charge in [0.25, 0.3) is 0 Å². The first-order valence-electron chi connectivity index (χ1n) is 5.42. The second-order valence-corrected chi connectivity index (χ2v) is 5.90. The predicted octanol–water partition coefficient (Wildman–Crippen LogP) is 4.74. The summed E-state index contributed by atoms with van der Waals surface area (Å²) in [5, 5.41) is 0. The third-order valence-corrected chi connectivity index (χ3v) is 3.17. The standard InChI is InChI=1S/C14H16BrN/c1-14(2,3)11-6-4-10(5-7-11)12-8-9-13(15)16-12/h4-9,16H,1-3H3. The van der Waals surface area contributed by atoms with Crippen LogP contribution in [-0.4, -0.2) is 4.98 Å². The molecule has 1 N–H and O–H groups in total. The molecule has 0 spiro atoms. The molecule has 0 unspecified atom stereocenters. The van der Waals surface area contributed by atoms with Gasteiger partial charge in [-0.3, -0.25) is 0 Å². The van der Waals surface area contributed by atoms with Crippen LogP contribution >= 0.6 is 15.9 Å². The van der Waals surface area contributed by atoms with Crippen LogP contribution in [-0.2, 0) is 5.41 Å². The second kappa shape index (κ2) is 4.10. The van der Waals surface area contributed by atoms with Gasteiger partial charge in [-0.25, -0.2) is 0 Å². The van der Waals surface area contributed by atoms with Crippen LogP contribution in [0.1, 0.15) is 26.3 Å². The minimum absolute atomic E-state index is 0.217. The summed E-state index contributed by atoms with van der Waals surface area (Å²) in [6, 6.07) is 12.8. The second-order valence-electron chi connectivity index (χ2n) is 5.05. The van der Waals surface area contributed by atoms with Gasteiger partial charge in [-0.05, 0) is 44.6 Å². The lowest BCUT2D eigenvalue weighted by Gasteiger charge is -2.19. The molecular formula is C14H16BrN. The first kappa shape index (κ1) is 11.5. The quantitative estimate of drug-likeness (QED) is 0.775. The minimum atomic E-state index is 0.217. The molecule has 0 bridgehead atoms. The lowest BCUT2D eigenvalue weighted by molar-refractivity contribution is 0.590. The zero-order valence-corrected chi connectivity index (χ0v) is 11.4. The molecule has 0 amide bonds. The van der Waals surface area contributed by atoms with Gasteiger partial charge in [-0.1, -0.05) is 45.0 Å². The van der Waals surface area contributed by atoms with Crippen LogP contribution in [0.4, 0.5) is 0 Å². The Morgan fingerprint density at radius 1 is 0.938 bits per heavy atom. The van der Waals surface area contributed by atoms with E-state index in [0.29, 0.717) is 0 Å². The van der Waals surface area contributed by atoms with E-state index in [1.54, 1.807) is 0 Å². The van der Waals surface area contributed by atoms with Crippen molar-refractivity contribution in [2.75, 3.05) is 0 Å². The van der Waals surface area contributed by atoms with Crippen LogP contribution in [0.5, 0.6) is 0 Å². The third-order valence-electron chi connectivity index (χ3n) is 2.71. The van der Waals surface area contributed by atoms with Crippen molar-refractivity contribution in [2.24, 2.45) is 0 Å². The van der Waals surface area contributed by atoms with Crippen LogP contribution in [0, 0.1) is 0 Å². The molecule has 84 valence electrons. The van der Waals surface area contributed by atoms with E-state index in [0.717, 1.165) is 10.3 Å². The first-order chi connectivity index (χ1) is 7.47. The first-order valence-corrected chi connectivity index (χ1v) is 6.21. The van der Waals surface area contributed by atoms with Gasteiger partial charge in [0.1, 0.15) is 0 Å². The van der Waals surface area contributed by atoms with Crippen LogP contribution in [0.25, 0.3) is 11.3 Å². The maximum absolute atomic E-state index is 3.42. The molecule has 1 nitrogen and oxygen atoms in total. The van der Waals surface area contributed by atoms with Crippen molar-refractivity contribution in [3.05, 3.63) is 46.6 Å². The van der Waals surface area contributed by atoms with Crippen LogP contribution in [0.15, 0.2) is 41.0 Å². The van der Waals surface area contributed by atoms with Gasteiger partial charge in [-0.15, -0.1) is 0 Å². The lowest BCUT2D eigenvalue weighted by Crippen LogP contribution is -2.10. The molecule has 1 aromatic heterocycles. The molecule has 0 radical (unpaired) electrons. The van der Waals surface area contributed by atoms with Gasteiger partial charge in [0.05, 0.1) is 4.60 Å². The molecular weight excluding hydrogens is 262 g/mol. The van der Waals surface area contributed by atoms with Crippen LogP contribution in [0.2, 0.25) is 0 Å². The minimum Gasteiger partial charge on any atom is -0.349 e. The van der Waals surface area contributed by atoms with Crippen molar-refractivity contribution in [3.8, 4) is 11.3 Å². The molecule has 0 atom stereocenters. The Kier molecular flexibility index (Phi) is 2.94. The summed E-state index contributed by atoms with van der Waals surface area (Å²) in [5.74, 6) is 0. The number of nitrogens with one attached hydrogen (secondary N) is 1.